The van der Waals surface area contributed by atoms with E-state index < -0.39 is 0 Å². The highest BCUT2D eigenvalue weighted by atomic mass is 16.5. The fourth-order valence-electron chi connectivity index (χ4n) is 3.93. The van der Waals surface area contributed by atoms with Crippen LogP contribution in [-0.4, -0.2) is 36.6 Å². The molecule has 3 aliphatic rings. The van der Waals surface area contributed by atoms with Crippen molar-refractivity contribution < 1.29 is 14.3 Å². The smallest absolute Gasteiger partial charge is 0.223 e. The van der Waals surface area contributed by atoms with Gasteiger partial charge in [-0.2, -0.15) is 0 Å². The zero-order valence-electron chi connectivity index (χ0n) is 14.7. The third kappa shape index (κ3) is 5.47. The minimum absolute atomic E-state index is 0.0996. The van der Waals surface area contributed by atoms with Gasteiger partial charge in [-0.3, -0.25) is 9.59 Å². The van der Waals surface area contributed by atoms with E-state index in [4.69, 9.17) is 4.74 Å². The van der Waals surface area contributed by atoms with Crippen molar-refractivity contribution >= 4 is 11.8 Å². The van der Waals surface area contributed by atoms with E-state index in [9.17, 15) is 9.59 Å². The maximum Gasteiger partial charge on any atom is 0.223 e. The molecular formula is C19H32N2O3. The first-order valence-electron chi connectivity index (χ1n) is 9.95. The molecule has 0 heterocycles. The molecule has 2 N–H and O–H groups in total. The van der Waals surface area contributed by atoms with E-state index in [1.807, 2.05) is 0 Å². The molecule has 136 valence electrons. The topological polar surface area (TPSA) is 67.4 Å². The van der Waals surface area contributed by atoms with Crippen molar-refractivity contribution in [1.29, 1.82) is 0 Å². The Hall–Kier alpha value is -1.10. The van der Waals surface area contributed by atoms with Crippen LogP contribution in [0.4, 0.5) is 0 Å². The molecule has 2 atom stereocenters. The summed E-state index contributed by atoms with van der Waals surface area (Å²) >= 11 is 0. The maximum atomic E-state index is 12.2. The molecule has 0 radical (unpaired) electrons. The summed E-state index contributed by atoms with van der Waals surface area (Å²) in [6, 6.07) is 0.174. The zero-order chi connectivity index (χ0) is 16.8. The third-order valence-corrected chi connectivity index (χ3v) is 5.55. The zero-order valence-corrected chi connectivity index (χ0v) is 14.7. The summed E-state index contributed by atoms with van der Waals surface area (Å²) in [4.78, 5) is 23.8. The van der Waals surface area contributed by atoms with Crippen molar-refractivity contribution in [2.45, 2.75) is 95.3 Å². The van der Waals surface area contributed by atoms with Gasteiger partial charge in [-0.25, -0.2) is 0 Å². The van der Waals surface area contributed by atoms with Gasteiger partial charge in [0.1, 0.15) is 0 Å². The Labute approximate surface area is 145 Å². The van der Waals surface area contributed by atoms with E-state index in [1.165, 1.54) is 38.5 Å². The predicted octanol–water partition coefficient (Wildman–Crippen LogP) is 2.68. The van der Waals surface area contributed by atoms with Crippen molar-refractivity contribution in [3.63, 3.8) is 0 Å². The first-order chi connectivity index (χ1) is 11.7. The lowest BCUT2D eigenvalue weighted by Crippen LogP contribution is -2.47. The van der Waals surface area contributed by atoms with E-state index in [0.717, 1.165) is 25.7 Å². The van der Waals surface area contributed by atoms with Gasteiger partial charge in [0.2, 0.25) is 11.8 Å². The maximum absolute atomic E-state index is 12.2. The molecular weight excluding hydrogens is 304 g/mol. The third-order valence-electron chi connectivity index (χ3n) is 5.55. The van der Waals surface area contributed by atoms with E-state index in [0.29, 0.717) is 25.5 Å². The van der Waals surface area contributed by atoms with E-state index in [2.05, 4.69) is 10.6 Å². The molecule has 3 fully saturated rings. The summed E-state index contributed by atoms with van der Waals surface area (Å²) in [5, 5.41) is 6.11. The Balaban J connectivity index is 1.34. The summed E-state index contributed by atoms with van der Waals surface area (Å²) in [5.41, 5.74) is 0. The molecule has 24 heavy (non-hydrogen) atoms. The Bertz CT molecular complexity index is 430. The second-order valence-corrected chi connectivity index (χ2v) is 7.71. The van der Waals surface area contributed by atoms with Crippen molar-refractivity contribution in [2.75, 3.05) is 6.54 Å². The first kappa shape index (κ1) is 17.7. The molecule has 2 unspecified atom stereocenters. The molecule has 3 aliphatic carbocycles. The number of carbonyl (C=O) groups excluding carboxylic acids is 2. The second-order valence-electron chi connectivity index (χ2n) is 7.71. The lowest BCUT2D eigenvalue weighted by molar-refractivity contribution is -0.125. The summed E-state index contributed by atoms with van der Waals surface area (Å²) in [7, 11) is 0. The van der Waals surface area contributed by atoms with Crippen LogP contribution in [-0.2, 0) is 14.3 Å². The lowest BCUT2D eigenvalue weighted by atomic mass is 9.92. The van der Waals surface area contributed by atoms with Crippen LogP contribution in [0.3, 0.4) is 0 Å². The van der Waals surface area contributed by atoms with Crippen LogP contribution in [0.2, 0.25) is 0 Å². The predicted molar refractivity (Wildman–Crippen MR) is 92.5 cm³/mol. The molecule has 0 spiro atoms. The highest BCUT2D eigenvalue weighted by Gasteiger charge is 2.31. The Morgan fingerprint density at radius 2 is 1.62 bits per heavy atom. The van der Waals surface area contributed by atoms with Crippen molar-refractivity contribution in [1.82, 2.24) is 10.6 Å². The van der Waals surface area contributed by atoms with Crippen molar-refractivity contribution in [3.05, 3.63) is 0 Å². The molecule has 0 aromatic heterocycles. The normalized spacial score (nSPS) is 27.8. The standard InChI is InChI=1S/C19H32N2O3/c22-18(10-5-13-20-19(23)14-11-12-14)21-16-8-3-4-9-17(16)24-15-6-1-2-7-15/h14-17H,1-13H2,(H,20,23)(H,21,22). The average Bonchev–Trinajstić information content (AvgIpc) is 3.31. The lowest BCUT2D eigenvalue weighted by Gasteiger charge is -2.34. The highest BCUT2D eigenvalue weighted by Crippen LogP contribution is 2.29. The van der Waals surface area contributed by atoms with Gasteiger partial charge in [0.15, 0.2) is 0 Å². The summed E-state index contributed by atoms with van der Waals surface area (Å²) in [6.07, 6.45) is 13.2. The SMILES string of the molecule is O=C(CCCNC(=O)C1CC1)NC1CCCCC1OC1CCCC1. The molecule has 0 saturated heterocycles. The second kappa shape index (κ2) is 8.84. The van der Waals surface area contributed by atoms with E-state index in [1.54, 1.807) is 0 Å². The Kier molecular flexibility index (Phi) is 6.52. The number of rotatable bonds is 8. The first-order valence-corrected chi connectivity index (χ1v) is 9.95. The molecule has 0 aromatic carbocycles. The van der Waals surface area contributed by atoms with Crippen LogP contribution in [0.15, 0.2) is 0 Å². The van der Waals surface area contributed by atoms with E-state index in [-0.39, 0.29) is 29.9 Å². The van der Waals surface area contributed by atoms with Crippen LogP contribution in [0, 0.1) is 5.92 Å². The number of nitrogens with one attached hydrogen (secondary N) is 2. The van der Waals surface area contributed by atoms with Crippen LogP contribution < -0.4 is 10.6 Å². The minimum Gasteiger partial charge on any atom is -0.373 e. The Morgan fingerprint density at radius 3 is 2.38 bits per heavy atom. The summed E-state index contributed by atoms with van der Waals surface area (Å²) in [6.45, 7) is 0.607. The number of ether oxygens (including phenoxy) is 1. The number of hydrogen-bond donors (Lipinski definition) is 2. The summed E-state index contributed by atoms with van der Waals surface area (Å²) in [5.74, 6) is 0.505. The average molecular weight is 336 g/mol. The van der Waals surface area contributed by atoms with Crippen molar-refractivity contribution in [2.24, 2.45) is 5.92 Å². The molecule has 0 bridgehead atoms. The number of hydrogen-bond acceptors (Lipinski definition) is 3. The van der Waals surface area contributed by atoms with Crippen LogP contribution in [0.25, 0.3) is 0 Å². The molecule has 5 heteroatoms. The largest absolute Gasteiger partial charge is 0.373 e. The van der Waals surface area contributed by atoms with Crippen LogP contribution >= 0.6 is 0 Å². The van der Waals surface area contributed by atoms with Gasteiger partial charge in [0.25, 0.3) is 0 Å². The molecule has 3 saturated carbocycles. The van der Waals surface area contributed by atoms with Gasteiger partial charge in [-0.15, -0.1) is 0 Å². The fraction of sp³-hybridized carbons (Fsp3) is 0.895. The van der Waals surface area contributed by atoms with E-state index >= 15 is 0 Å². The molecule has 3 rings (SSSR count). The molecule has 0 aromatic rings. The summed E-state index contributed by atoms with van der Waals surface area (Å²) < 4.78 is 6.28. The van der Waals surface area contributed by atoms with Gasteiger partial charge < -0.3 is 15.4 Å². The fourth-order valence-corrected chi connectivity index (χ4v) is 3.93. The van der Waals surface area contributed by atoms with Gasteiger partial charge in [0, 0.05) is 18.9 Å². The minimum atomic E-state index is 0.0996. The molecule has 2 amide bonds. The Morgan fingerprint density at radius 1 is 0.917 bits per heavy atom. The van der Waals surface area contributed by atoms with Gasteiger partial charge in [0.05, 0.1) is 18.2 Å². The monoisotopic (exact) mass is 336 g/mol. The van der Waals surface area contributed by atoms with Gasteiger partial charge in [-0.1, -0.05) is 25.7 Å². The molecule has 0 aliphatic heterocycles. The van der Waals surface area contributed by atoms with Gasteiger partial charge in [-0.05, 0) is 44.9 Å². The number of carbonyl (C=O) groups is 2. The van der Waals surface area contributed by atoms with Gasteiger partial charge >= 0.3 is 0 Å². The molecule has 5 nitrogen and oxygen atoms in total. The highest BCUT2D eigenvalue weighted by molar-refractivity contribution is 5.81. The van der Waals surface area contributed by atoms with Crippen LogP contribution in [0.5, 0.6) is 0 Å². The number of amides is 2. The quantitative estimate of drug-likeness (QED) is 0.670. The van der Waals surface area contributed by atoms with Crippen LogP contribution in [0.1, 0.15) is 77.0 Å². The van der Waals surface area contributed by atoms with Crippen molar-refractivity contribution in [3.8, 4) is 0 Å².